The number of ketones is 1. The molecule has 3 rings (SSSR count). The lowest BCUT2D eigenvalue weighted by Gasteiger charge is -2.17. The van der Waals surface area contributed by atoms with Gasteiger partial charge in [0.1, 0.15) is 16.0 Å². The van der Waals surface area contributed by atoms with Gasteiger partial charge in [-0.15, -0.1) is 0 Å². The van der Waals surface area contributed by atoms with Crippen LogP contribution in [0.5, 0.6) is 5.88 Å². The number of Topliss-reactive ketones (excluding diaryl/α,β-unsaturated/α-hetero) is 1. The second kappa shape index (κ2) is 12.8. The lowest BCUT2D eigenvalue weighted by Crippen LogP contribution is -2.30. The maximum Gasteiger partial charge on any atom is 0.271 e. The molecule has 1 amide bonds. The number of carbonyl (C=O) groups excluding carboxylic acids is 2. The van der Waals surface area contributed by atoms with E-state index in [1.807, 2.05) is 37.3 Å². The Hall–Kier alpha value is -3.22. The number of carbonyl (C=O) groups is 2. The van der Waals surface area contributed by atoms with Crippen LogP contribution in [0, 0.1) is 25.2 Å². The Morgan fingerprint density at radius 2 is 1.81 bits per heavy atom. The number of unbranched alkanes of at least 4 members (excludes halogenated alkanes) is 3. The number of thioether (sulfide) groups is 1. The minimum atomic E-state index is -0.580. The Morgan fingerprint density at radius 1 is 1.11 bits per heavy atom. The fourth-order valence-electron chi connectivity index (χ4n) is 4.22. The molecule has 1 aliphatic heterocycles. The number of amides is 1. The highest BCUT2D eigenvalue weighted by atomic mass is 32.2. The van der Waals surface area contributed by atoms with Gasteiger partial charge >= 0.3 is 0 Å². The first kappa shape index (κ1) is 28.4. The first-order valence-corrected chi connectivity index (χ1v) is 13.6. The number of aromatic nitrogens is 1. The Morgan fingerprint density at radius 3 is 2.46 bits per heavy atom. The van der Waals surface area contributed by atoms with Crippen LogP contribution in [0.3, 0.4) is 0 Å². The van der Waals surface area contributed by atoms with E-state index in [0.29, 0.717) is 22.1 Å². The first-order valence-electron chi connectivity index (χ1n) is 12.4. The normalized spacial score (nSPS) is 14.4. The number of hydrogen-bond acceptors (Lipinski definition) is 7. The highest BCUT2D eigenvalue weighted by Gasteiger charge is 2.32. The molecule has 1 aromatic heterocycles. The second-order valence-electron chi connectivity index (χ2n) is 9.10. The van der Waals surface area contributed by atoms with E-state index in [4.69, 9.17) is 12.2 Å². The number of aryl methyl sites for hydroxylation is 1. The van der Waals surface area contributed by atoms with Crippen LogP contribution in [0.4, 0.5) is 0 Å². The molecule has 0 bridgehead atoms. The van der Waals surface area contributed by atoms with E-state index < -0.39 is 11.4 Å². The van der Waals surface area contributed by atoms with Crippen LogP contribution >= 0.6 is 24.0 Å². The molecule has 194 valence electrons. The number of thiocarbonyl (C=S) groups is 1. The quantitative estimate of drug-likeness (QED) is 0.175. The minimum Gasteiger partial charge on any atom is -0.494 e. The van der Waals surface area contributed by atoms with Crippen LogP contribution in [-0.2, 0) is 11.3 Å². The SMILES string of the molecule is CCCCCCn1c(O)c(C(=O)CCCN2C(=O)/C(=C/c3ccc(C)cc3)SC2=S)c(C)c(C#N)c1=O. The third-order valence-electron chi connectivity index (χ3n) is 6.35. The lowest BCUT2D eigenvalue weighted by molar-refractivity contribution is -0.122. The van der Waals surface area contributed by atoms with Crippen LogP contribution in [0.15, 0.2) is 34.0 Å². The fraction of sp³-hybridized carbons (Fsp3) is 0.393. The van der Waals surface area contributed by atoms with Gasteiger partial charge in [-0.25, -0.2) is 0 Å². The zero-order valence-electron chi connectivity index (χ0n) is 21.4. The summed E-state index contributed by atoms with van der Waals surface area (Å²) in [5.74, 6) is -0.974. The van der Waals surface area contributed by atoms with Crippen molar-refractivity contribution in [2.45, 2.75) is 65.8 Å². The van der Waals surface area contributed by atoms with Crippen molar-refractivity contribution in [2.75, 3.05) is 6.54 Å². The molecule has 0 radical (unpaired) electrons. The molecule has 0 spiro atoms. The Balaban J connectivity index is 1.71. The van der Waals surface area contributed by atoms with Crippen molar-refractivity contribution >= 4 is 46.1 Å². The number of rotatable bonds is 11. The van der Waals surface area contributed by atoms with Crippen LogP contribution in [0.25, 0.3) is 6.08 Å². The molecular formula is C28H31N3O4S2. The highest BCUT2D eigenvalue weighted by molar-refractivity contribution is 8.26. The van der Waals surface area contributed by atoms with Crippen molar-refractivity contribution < 1.29 is 14.7 Å². The molecule has 0 saturated carbocycles. The van der Waals surface area contributed by atoms with Gasteiger partial charge in [0.15, 0.2) is 5.78 Å². The molecule has 0 unspecified atom stereocenters. The van der Waals surface area contributed by atoms with E-state index in [-0.39, 0.29) is 47.9 Å². The summed E-state index contributed by atoms with van der Waals surface area (Å²) in [6, 6.07) is 9.72. The first-order chi connectivity index (χ1) is 17.7. The summed E-state index contributed by atoms with van der Waals surface area (Å²) in [5, 5.41) is 20.4. The zero-order valence-corrected chi connectivity index (χ0v) is 23.0. The minimum absolute atomic E-state index is 0.00343. The Labute approximate surface area is 226 Å². The second-order valence-corrected chi connectivity index (χ2v) is 10.8. The van der Waals surface area contributed by atoms with E-state index >= 15 is 0 Å². The average Bonchev–Trinajstić information content (AvgIpc) is 3.12. The summed E-state index contributed by atoms with van der Waals surface area (Å²) >= 11 is 6.63. The van der Waals surface area contributed by atoms with Crippen LogP contribution in [0.1, 0.15) is 78.1 Å². The monoisotopic (exact) mass is 537 g/mol. The van der Waals surface area contributed by atoms with Crippen molar-refractivity contribution in [2.24, 2.45) is 0 Å². The smallest absolute Gasteiger partial charge is 0.271 e. The van der Waals surface area contributed by atoms with Gasteiger partial charge in [0.05, 0.1) is 10.5 Å². The van der Waals surface area contributed by atoms with E-state index in [2.05, 4.69) is 6.92 Å². The van der Waals surface area contributed by atoms with Gasteiger partial charge in [0.2, 0.25) is 5.88 Å². The molecule has 0 atom stereocenters. The van der Waals surface area contributed by atoms with Gasteiger partial charge in [-0.1, -0.05) is 80.0 Å². The Bertz CT molecular complexity index is 1340. The molecule has 1 aliphatic rings. The molecule has 9 heteroatoms. The predicted octanol–water partition coefficient (Wildman–Crippen LogP) is 5.49. The molecule has 1 N–H and O–H groups in total. The molecule has 1 fully saturated rings. The number of pyridine rings is 1. The highest BCUT2D eigenvalue weighted by Crippen LogP contribution is 2.33. The predicted molar refractivity (Wildman–Crippen MR) is 151 cm³/mol. The van der Waals surface area contributed by atoms with Crippen LogP contribution < -0.4 is 5.56 Å². The summed E-state index contributed by atoms with van der Waals surface area (Å²) in [6.45, 7) is 6.07. The molecule has 0 aliphatic carbocycles. The molecule has 2 aromatic rings. The van der Waals surface area contributed by atoms with E-state index in [1.165, 1.54) is 23.6 Å². The van der Waals surface area contributed by atoms with Gasteiger partial charge in [0.25, 0.3) is 11.5 Å². The molecule has 1 aromatic carbocycles. The number of benzene rings is 1. The van der Waals surface area contributed by atoms with Gasteiger partial charge in [-0.05, 0) is 43.9 Å². The van der Waals surface area contributed by atoms with Crippen molar-refractivity contribution in [3.8, 4) is 11.9 Å². The topological polar surface area (TPSA) is 103 Å². The van der Waals surface area contributed by atoms with Crippen molar-refractivity contribution in [3.05, 3.63) is 67.3 Å². The maximum absolute atomic E-state index is 13.1. The molecule has 37 heavy (non-hydrogen) atoms. The molecule has 2 heterocycles. The average molecular weight is 538 g/mol. The molecule has 7 nitrogen and oxygen atoms in total. The Kier molecular flexibility index (Phi) is 9.84. The summed E-state index contributed by atoms with van der Waals surface area (Å²) in [7, 11) is 0. The number of nitrogens with zero attached hydrogens (tertiary/aromatic N) is 3. The zero-order chi connectivity index (χ0) is 27.1. The number of nitriles is 1. The lowest BCUT2D eigenvalue weighted by atomic mass is 9.99. The number of hydrogen-bond donors (Lipinski definition) is 1. The van der Waals surface area contributed by atoms with Gasteiger partial charge in [-0.2, -0.15) is 5.26 Å². The summed E-state index contributed by atoms with van der Waals surface area (Å²) in [5.41, 5.74) is 1.51. The maximum atomic E-state index is 13.1. The molecule has 1 saturated heterocycles. The van der Waals surface area contributed by atoms with E-state index in [1.54, 1.807) is 6.08 Å². The number of aromatic hydroxyl groups is 1. The van der Waals surface area contributed by atoms with Crippen LogP contribution in [0.2, 0.25) is 0 Å². The fourth-order valence-corrected chi connectivity index (χ4v) is 5.53. The summed E-state index contributed by atoms with van der Waals surface area (Å²) < 4.78 is 1.56. The van der Waals surface area contributed by atoms with Gasteiger partial charge in [-0.3, -0.25) is 23.9 Å². The van der Waals surface area contributed by atoms with Crippen LogP contribution in [-0.4, -0.2) is 37.1 Å². The standard InChI is InChI=1S/C28H31N3O4S2/c1-4-5-6-7-14-30-25(33)21(17-29)19(3)24(27(30)35)22(32)9-8-15-31-26(34)23(37-28(31)36)16-20-12-10-18(2)11-13-20/h10-13,16,35H,4-9,14-15H2,1-3H3/b23-16-. The van der Waals surface area contributed by atoms with Crippen molar-refractivity contribution in [3.63, 3.8) is 0 Å². The van der Waals surface area contributed by atoms with E-state index in [0.717, 1.165) is 35.0 Å². The third-order valence-corrected chi connectivity index (χ3v) is 7.73. The third kappa shape index (κ3) is 6.56. The van der Waals surface area contributed by atoms with Gasteiger partial charge in [0, 0.05) is 19.5 Å². The van der Waals surface area contributed by atoms with Crippen molar-refractivity contribution in [1.29, 1.82) is 5.26 Å². The van der Waals surface area contributed by atoms with Crippen molar-refractivity contribution in [1.82, 2.24) is 9.47 Å². The van der Waals surface area contributed by atoms with E-state index in [9.17, 15) is 24.8 Å². The van der Waals surface area contributed by atoms with Gasteiger partial charge < -0.3 is 5.11 Å². The summed E-state index contributed by atoms with van der Waals surface area (Å²) in [4.78, 5) is 40.8. The largest absolute Gasteiger partial charge is 0.494 e. The summed E-state index contributed by atoms with van der Waals surface area (Å²) in [6.07, 6.45) is 5.71. The molecular weight excluding hydrogens is 506 g/mol.